The molecule has 86 valence electrons. The van der Waals surface area contributed by atoms with Crippen molar-refractivity contribution in [3.63, 3.8) is 0 Å². The number of nitro benzene ring substituents is 1. The predicted molar refractivity (Wildman–Crippen MR) is 63.1 cm³/mol. The molecule has 0 aliphatic rings. The molecule has 1 rings (SSSR count). The summed E-state index contributed by atoms with van der Waals surface area (Å²) in [5.41, 5.74) is 0.324. The number of nitro groups is 1. The van der Waals surface area contributed by atoms with Crippen LogP contribution in [0.5, 0.6) is 5.75 Å². The fourth-order valence-corrected chi connectivity index (χ4v) is 1.20. The van der Waals surface area contributed by atoms with Crippen LogP contribution in [0.1, 0.15) is 0 Å². The van der Waals surface area contributed by atoms with E-state index in [0.717, 1.165) is 0 Å². The van der Waals surface area contributed by atoms with E-state index in [4.69, 9.17) is 16.3 Å². The summed E-state index contributed by atoms with van der Waals surface area (Å²) < 4.78 is 4.98. The molecule has 0 aromatic heterocycles. The van der Waals surface area contributed by atoms with Crippen LogP contribution in [0.2, 0.25) is 0 Å². The monoisotopic (exact) mass is 242 g/mol. The normalized spacial score (nSPS) is 9.62. The number of rotatable bonds is 5. The first-order valence-corrected chi connectivity index (χ1v) is 4.82. The molecule has 5 nitrogen and oxygen atoms in total. The summed E-state index contributed by atoms with van der Waals surface area (Å²) in [6, 6.07) is 4.44. The van der Waals surface area contributed by atoms with Crippen LogP contribution in [0, 0.1) is 10.1 Å². The smallest absolute Gasteiger partial charge is 0.292 e. The third-order valence-corrected chi connectivity index (χ3v) is 2.00. The van der Waals surface area contributed by atoms with Crippen molar-refractivity contribution >= 4 is 23.0 Å². The van der Waals surface area contributed by atoms with Crippen LogP contribution >= 0.6 is 11.6 Å². The van der Waals surface area contributed by atoms with Crippen LogP contribution in [0.25, 0.3) is 0 Å². The van der Waals surface area contributed by atoms with Crippen molar-refractivity contribution in [1.29, 1.82) is 0 Å². The average Bonchev–Trinajstić information content (AvgIpc) is 2.25. The number of methoxy groups -OCH3 is 1. The Labute approximate surface area is 97.8 Å². The molecule has 1 aromatic rings. The van der Waals surface area contributed by atoms with Crippen LogP contribution in [-0.4, -0.2) is 18.6 Å². The highest BCUT2D eigenvalue weighted by Crippen LogP contribution is 2.28. The molecule has 0 aliphatic carbocycles. The Hall–Kier alpha value is -1.75. The number of hydrogen-bond acceptors (Lipinski definition) is 4. The van der Waals surface area contributed by atoms with Crippen LogP contribution < -0.4 is 10.1 Å². The van der Waals surface area contributed by atoms with Crippen molar-refractivity contribution in [1.82, 2.24) is 0 Å². The second-order valence-electron chi connectivity index (χ2n) is 3.01. The van der Waals surface area contributed by atoms with Gasteiger partial charge in [-0.2, -0.15) is 0 Å². The number of ether oxygens (including phenoxy) is 1. The number of benzene rings is 1. The van der Waals surface area contributed by atoms with Gasteiger partial charge in [-0.3, -0.25) is 10.1 Å². The van der Waals surface area contributed by atoms with E-state index in [1.165, 1.54) is 25.3 Å². The van der Waals surface area contributed by atoms with Crippen LogP contribution in [0.4, 0.5) is 11.4 Å². The van der Waals surface area contributed by atoms with E-state index in [-0.39, 0.29) is 12.2 Å². The van der Waals surface area contributed by atoms with Crippen molar-refractivity contribution in [2.45, 2.75) is 0 Å². The highest BCUT2D eigenvalue weighted by molar-refractivity contribution is 6.29. The molecule has 0 saturated carbocycles. The lowest BCUT2D eigenvalue weighted by atomic mass is 10.2. The SMILES string of the molecule is C=C(Cl)CNc1cc(OC)ccc1[N+](=O)[O-]. The van der Waals surface area contributed by atoms with Gasteiger partial charge in [-0.05, 0) is 6.07 Å². The second kappa shape index (κ2) is 5.37. The molecule has 1 N–H and O–H groups in total. The summed E-state index contributed by atoms with van der Waals surface area (Å²) in [5.74, 6) is 0.535. The van der Waals surface area contributed by atoms with Gasteiger partial charge in [0.05, 0.1) is 18.6 Å². The van der Waals surface area contributed by atoms with E-state index in [1.807, 2.05) is 0 Å². The van der Waals surface area contributed by atoms with Gasteiger partial charge in [0.2, 0.25) is 0 Å². The molecule has 0 heterocycles. The molecule has 1 aromatic carbocycles. The maximum absolute atomic E-state index is 10.7. The van der Waals surface area contributed by atoms with Gasteiger partial charge < -0.3 is 10.1 Å². The minimum Gasteiger partial charge on any atom is -0.497 e. The highest BCUT2D eigenvalue weighted by Gasteiger charge is 2.14. The lowest BCUT2D eigenvalue weighted by Gasteiger charge is -2.07. The third kappa shape index (κ3) is 3.13. The Balaban J connectivity index is 3.00. The Kier molecular flexibility index (Phi) is 4.13. The van der Waals surface area contributed by atoms with Crippen molar-refractivity contribution in [2.75, 3.05) is 19.0 Å². The summed E-state index contributed by atoms with van der Waals surface area (Å²) in [4.78, 5) is 10.3. The minimum absolute atomic E-state index is 0.0290. The zero-order valence-corrected chi connectivity index (χ0v) is 9.45. The molecule has 0 unspecified atom stereocenters. The first-order chi connectivity index (χ1) is 7.54. The van der Waals surface area contributed by atoms with Crippen LogP contribution in [-0.2, 0) is 0 Å². The summed E-state index contributed by atoms with van der Waals surface area (Å²) in [7, 11) is 1.49. The van der Waals surface area contributed by atoms with Crippen molar-refractivity contribution in [3.05, 3.63) is 39.9 Å². The van der Waals surface area contributed by atoms with Gasteiger partial charge in [0.15, 0.2) is 0 Å². The molecule has 0 aliphatic heterocycles. The zero-order chi connectivity index (χ0) is 12.1. The minimum atomic E-state index is -0.473. The van der Waals surface area contributed by atoms with E-state index in [9.17, 15) is 10.1 Å². The van der Waals surface area contributed by atoms with E-state index in [0.29, 0.717) is 16.5 Å². The first-order valence-electron chi connectivity index (χ1n) is 4.44. The molecule has 0 fully saturated rings. The van der Waals surface area contributed by atoms with E-state index >= 15 is 0 Å². The van der Waals surface area contributed by atoms with Crippen molar-refractivity contribution in [3.8, 4) is 5.75 Å². The number of anilines is 1. The molecule has 0 bridgehead atoms. The fraction of sp³-hybridized carbons (Fsp3) is 0.200. The van der Waals surface area contributed by atoms with Crippen LogP contribution in [0.15, 0.2) is 29.8 Å². The van der Waals surface area contributed by atoms with Gasteiger partial charge in [0, 0.05) is 17.2 Å². The first kappa shape index (κ1) is 12.3. The summed E-state index contributed by atoms with van der Waals surface area (Å²) >= 11 is 5.58. The second-order valence-corrected chi connectivity index (χ2v) is 3.55. The topological polar surface area (TPSA) is 64.4 Å². The Bertz CT molecular complexity index is 421. The van der Waals surface area contributed by atoms with Gasteiger partial charge in [0.1, 0.15) is 11.4 Å². The number of halogens is 1. The molecule has 16 heavy (non-hydrogen) atoms. The quantitative estimate of drug-likeness (QED) is 0.637. The number of nitrogens with one attached hydrogen (secondary N) is 1. The maximum Gasteiger partial charge on any atom is 0.292 e. The average molecular weight is 243 g/mol. The third-order valence-electron chi connectivity index (χ3n) is 1.87. The molecule has 0 saturated heterocycles. The largest absolute Gasteiger partial charge is 0.497 e. The number of nitrogens with zero attached hydrogens (tertiary/aromatic N) is 1. The van der Waals surface area contributed by atoms with Gasteiger partial charge in [-0.25, -0.2) is 0 Å². The zero-order valence-electron chi connectivity index (χ0n) is 8.70. The van der Waals surface area contributed by atoms with Gasteiger partial charge in [-0.1, -0.05) is 18.2 Å². The lowest BCUT2D eigenvalue weighted by molar-refractivity contribution is -0.384. The van der Waals surface area contributed by atoms with Crippen LogP contribution in [0.3, 0.4) is 0 Å². The predicted octanol–water partition coefficient (Wildman–Crippen LogP) is 2.77. The molecule has 0 atom stereocenters. The standard InChI is InChI=1S/C10H11ClN2O3/c1-7(11)6-12-9-5-8(16-2)3-4-10(9)13(14)15/h3-5,12H,1,6H2,2H3. The van der Waals surface area contributed by atoms with E-state index in [2.05, 4.69) is 11.9 Å². The summed E-state index contributed by atoms with van der Waals surface area (Å²) in [5, 5.41) is 13.9. The highest BCUT2D eigenvalue weighted by atomic mass is 35.5. The van der Waals surface area contributed by atoms with Gasteiger partial charge >= 0.3 is 0 Å². The maximum atomic E-state index is 10.7. The lowest BCUT2D eigenvalue weighted by Crippen LogP contribution is -2.04. The molecule has 6 heteroatoms. The van der Waals surface area contributed by atoms with Gasteiger partial charge in [-0.15, -0.1) is 0 Å². The van der Waals surface area contributed by atoms with Crippen molar-refractivity contribution < 1.29 is 9.66 Å². The Morgan fingerprint density at radius 1 is 1.69 bits per heavy atom. The molecule has 0 radical (unpaired) electrons. The molecule has 0 amide bonds. The van der Waals surface area contributed by atoms with E-state index in [1.54, 1.807) is 0 Å². The summed E-state index contributed by atoms with van der Waals surface area (Å²) in [6.07, 6.45) is 0. The Morgan fingerprint density at radius 3 is 2.88 bits per heavy atom. The molecular weight excluding hydrogens is 232 g/mol. The molecule has 0 spiro atoms. The Morgan fingerprint density at radius 2 is 2.38 bits per heavy atom. The molecular formula is C10H11ClN2O3. The van der Waals surface area contributed by atoms with Crippen molar-refractivity contribution in [2.24, 2.45) is 0 Å². The fourth-order valence-electron chi connectivity index (χ4n) is 1.13. The number of hydrogen-bond donors (Lipinski definition) is 1. The van der Waals surface area contributed by atoms with E-state index < -0.39 is 4.92 Å². The van der Waals surface area contributed by atoms with Gasteiger partial charge in [0.25, 0.3) is 5.69 Å². The summed E-state index contributed by atoms with van der Waals surface area (Å²) in [6.45, 7) is 3.75.